The van der Waals surface area contributed by atoms with Crippen LogP contribution >= 0.6 is 0 Å². The predicted molar refractivity (Wildman–Crippen MR) is 83.7 cm³/mol. The van der Waals surface area contributed by atoms with Crippen LogP contribution < -0.4 is 5.56 Å². The molecule has 6 nitrogen and oxygen atoms in total. The van der Waals surface area contributed by atoms with Gasteiger partial charge in [-0.15, -0.1) is 0 Å². The highest BCUT2D eigenvalue weighted by Gasteiger charge is 2.12. The predicted octanol–water partition coefficient (Wildman–Crippen LogP) is 2.18. The Labute approximate surface area is 124 Å². The third-order valence-corrected chi connectivity index (χ3v) is 3.83. The Morgan fingerprint density at radius 3 is 2.95 bits per heavy atom. The minimum atomic E-state index is -0.277. The fraction of sp³-hybridized carbons (Fsp3) is 0.0625. The highest BCUT2D eigenvalue weighted by molar-refractivity contribution is 5.98. The molecule has 0 amide bonds. The summed E-state index contributed by atoms with van der Waals surface area (Å²) in [4.78, 5) is 18.5. The lowest BCUT2D eigenvalue weighted by Gasteiger charge is -2.07. The molecular weight excluding hydrogens is 280 g/mol. The molecule has 0 bridgehead atoms. The molecule has 4 rings (SSSR count). The molecule has 2 heterocycles. The lowest BCUT2D eigenvalue weighted by atomic mass is 10.00. The van der Waals surface area contributed by atoms with E-state index >= 15 is 0 Å². The van der Waals surface area contributed by atoms with Crippen molar-refractivity contribution in [1.29, 1.82) is 0 Å². The van der Waals surface area contributed by atoms with E-state index in [9.17, 15) is 9.90 Å². The van der Waals surface area contributed by atoms with Gasteiger partial charge in [0.1, 0.15) is 11.3 Å². The number of hydrogen-bond acceptors (Lipinski definition) is 4. The van der Waals surface area contributed by atoms with Gasteiger partial charge in [0, 0.05) is 12.4 Å². The van der Waals surface area contributed by atoms with Crippen LogP contribution in [0.5, 0.6) is 5.75 Å². The van der Waals surface area contributed by atoms with Crippen LogP contribution in [0, 0.1) is 0 Å². The van der Waals surface area contributed by atoms with Gasteiger partial charge in [-0.1, -0.05) is 12.1 Å². The molecule has 2 aromatic carbocycles. The second-order valence-electron chi connectivity index (χ2n) is 5.13. The molecule has 4 aromatic rings. The summed E-state index contributed by atoms with van der Waals surface area (Å²) in [5.74, 6) is -0.0144. The van der Waals surface area contributed by atoms with Crippen LogP contribution in [0.15, 0.2) is 47.7 Å². The normalized spacial score (nSPS) is 11.3. The van der Waals surface area contributed by atoms with Crippen molar-refractivity contribution in [1.82, 2.24) is 19.7 Å². The second-order valence-corrected chi connectivity index (χ2v) is 5.13. The number of hydrogen-bond donors (Lipinski definition) is 2. The van der Waals surface area contributed by atoms with E-state index in [2.05, 4.69) is 15.1 Å². The Kier molecular flexibility index (Phi) is 2.53. The highest BCUT2D eigenvalue weighted by atomic mass is 16.3. The molecule has 6 heteroatoms. The van der Waals surface area contributed by atoms with E-state index < -0.39 is 0 Å². The molecule has 108 valence electrons. The number of aromatic nitrogens is 4. The average molecular weight is 292 g/mol. The van der Waals surface area contributed by atoms with Gasteiger partial charge in [0.05, 0.1) is 23.4 Å². The number of phenols is 1. The quantitative estimate of drug-likeness (QED) is 0.563. The fourth-order valence-corrected chi connectivity index (χ4v) is 2.75. The largest absolute Gasteiger partial charge is 0.506 e. The summed E-state index contributed by atoms with van der Waals surface area (Å²) in [7, 11) is 1.87. The maximum atomic E-state index is 12.0. The molecule has 0 aliphatic heterocycles. The molecule has 0 aliphatic rings. The molecule has 0 saturated heterocycles. The SMILES string of the molecule is Cn1ncc2c(-c3cc(O)c4nc[nH]c(=O)c4c3)cccc21. The number of nitrogens with one attached hydrogen (secondary N) is 1. The van der Waals surface area contributed by atoms with Crippen LogP contribution in [0.2, 0.25) is 0 Å². The molecule has 0 spiro atoms. The zero-order valence-electron chi connectivity index (χ0n) is 11.7. The van der Waals surface area contributed by atoms with E-state index in [1.165, 1.54) is 6.33 Å². The summed E-state index contributed by atoms with van der Waals surface area (Å²) >= 11 is 0. The summed E-state index contributed by atoms with van der Waals surface area (Å²) in [6.07, 6.45) is 3.06. The molecule has 2 N–H and O–H groups in total. The third-order valence-electron chi connectivity index (χ3n) is 3.83. The van der Waals surface area contributed by atoms with Gasteiger partial charge in [0.25, 0.3) is 5.56 Å². The second kappa shape index (κ2) is 4.42. The van der Waals surface area contributed by atoms with Crippen LogP contribution in [-0.4, -0.2) is 24.9 Å². The summed E-state index contributed by atoms with van der Waals surface area (Å²) in [5.41, 5.74) is 2.66. The van der Waals surface area contributed by atoms with E-state index in [0.717, 1.165) is 22.0 Å². The molecule has 0 atom stereocenters. The summed E-state index contributed by atoms with van der Waals surface area (Å²) in [5, 5.41) is 15.8. The maximum absolute atomic E-state index is 12.0. The van der Waals surface area contributed by atoms with Gasteiger partial charge >= 0.3 is 0 Å². The van der Waals surface area contributed by atoms with Crippen molar-refractivity contribution in [3.8, 4) is 16.9 Å². The number of aromatic hydroxyl groups is 1. The first-order valence-electron chi connectivity index (χ1n) is 6.76. The molecule has 0 radical (unpaired) electrons. The number of benzene rings is 2. The van der Waals surface area contributed by atoms with Crippen LogP contribution in [0.3, 0.4) is 0 Å². The number of aromatic amines is 1. The van der Waals surface area contributed by atoms with Crippen LogP contribution in [0.1, 0.15) is 0 Å². The Bertz CT molecular complexity index is 1080. The Balaban J connectivity index is 2.09. The summed E-state index contributed by atoms with van der Waals surface area (Å²) < 4.78 is 1.79. The van der Waals surface area contributed by atoms with Gasteiger partial charge in [-0.05, 0) is 29.3 Å². The Morgan fingerprint density at radius 1 is 1.23 bits per heavy atom. The first-order valence-corrected chi connectivity index (χ1v) is 6.76. The van der Waals surface area contributed by atoms with Crippen molar-refractivity contribution < 1.29 is 5.11 Å². The van der Waals surface area contributed by atoms with Gasteiger partial charge in [-0.3, -0.25) is 9.48 Å². The van der Waals surface area contributed by atoms with Gasteiger partial charge < -0.3 is 10.1 Å². The van der Waals surface area contributed by atoms with Gasteiger partial charge in [-0.2, -0.15) is 5.10 Å². The number of aryl methyl sites for hydroxylation is 1. The molecule has 0 aliphatic carbocycles. The van der Waals surface area contributed by atoms with Crippen molar-refractivity contribution in [2.24, 2.45) is 7.05 Å². The van der Waals surface area contributed by atoms with Crippen LogP contribution in [0.25, 0.3) is 32.9 Å². The van der Waals surface area contributed by atoms with Crippen molar-refractivity contribution in [2.45, 2.75) is 0 Å². The highest BCUT2D eigenvalue weighted by Crippen LogP contribution is 2.33. The van der Waals surface area contributed by atoms with Gasteiger partial charge in [-0.25, -0.2) is 4.98 Å². The molecule has 0 fully saturated rings. The van der Waals surface area contributed by atoms with E-state index in [0.29, 0.717) is 10.9 Å². The Hall–Kier alpha value is -3.15. The monoisotopic (exact) mass is 292 g/mol. The fourth-order valence-electron chi connectivity index (χ4n) is 2.75. The number of rotatable bonds is 1. The number of phenolic OH excluding ortho intramolecular Hbond substituents is 1. The smallest absolute Gasteiger partial charge is 0.258 e. The number of nitrogens with zero attached hydrogens (tertiary/aromatic N) is 3. The number of H-pyrrole nitrogens is 1. The standard InChI is InChI=1S/C16H12N4O2/c1-20-13-4-2-3-10(12(13)7-19-20)9-5-11-15(14(21)6-9)17-8-18-16(11)22/h2-8,21H,1H3,(H,17,18,22). The van der Waals surface area contributed by atoms with Crippen molar-refractivity contribution in [3.05, 3.63) is 53.2 Å². The average Bonchev–Trinajstić information content (AvgIpc) is 2.90. The lowest BCUT2D eigenvalue weighted by Crippen LogP contribution is -2.06. The maximum Gasteiger partial charge on any atom is 0.258 e. The molecule has 22 heavy (non-hydrogen) atoms. The van der Waals surface area contributed by atoms with E-state index in [4.69, 9.17) is 0 Å². The molecule has 0 unspecified atom stereocenters. The lowest BCUT2D eigenvalue weighted by molar-refractivity contribution is 0.480. The van der Waals surface area contributed by atoms with Crippen LogP contribution in [0.4, 0.5) is 0 Å². The molecule has 0 saturated carbocycles. The van der Waals surface area contributed by atoms with Crippen molar-refractivity contribution in [3.63, 3.8) is 0 Å². The van der Waals surface area contributed by atoms with E-state index in [1.807, 2.05) is 25.2 Å². The molecular formula is C16H12N4O2. The minimum Gasteiger partial charge on any atom is -0.506 e. The minimum absolute atomic E-state index is 0.0144. The van der Waals surface area contributed by atoms with E-state index in [-0.39, 0.29) is 11.3 Å². The van der Waals surface area contributed by atoms with Crippen molar-refractivity contribution >= 4 is 21.8 Å². The third kappa shape index (κ3) is 1.70. The summed E-state index contributed by atoms with van der Waals surface area (Å²) in [6.45, 7) is 0. The molecule has 2 aromatic heterocycles. The van der Waals surface area contributed by atoms with Gasteiger partial charge in [0.2, 0.25) is 0 Å². The summed E-state index contributed by atoms with van der Waals surface area (Å²) in [6, 6.07) is 9.20. The zero-order valence-corrected chi connectivity index (χ0v) is 11.7. The van der Waals surface area contributed by atoms with Gasteiger partial charge in [0.15, 0.2) is 0 Å². The Morgan fingerprint density at radius 2 is 2.09 bits per heavy atom. The first-order chi connectivity index (χ1) is 10.6. The topological polar surface area (TPSA) is 83.8 Å². The number of fused-ring (bicyclic) bond motifs is 2. The first kappa shape index (κ1) is 12.6. The van der Waals surface area contributed by atoms with Crippen LogP contribution in [-0.2, 0) is 7.05 Å². The van der Waals surface area contributed by atoms with E-state index in [1.54, 1.807) is 23.0 Å². The zero-order chi connectivity index (χ0) is 15.3. The van der Waals surface area contributed by atoms with Crippen molar-refractivity contribution in [2.75, 3.05) is 0 Å².